The van der Waals surface area contributed by atoms with Gasteiger partial charge in [0.1, 0.15) is 5.75 Å². The van der Waals surface area contributed by atoms with Crippen LogP contribution >= 0.6 is 0 Å². The van der Waals surface area contributed by atoms with Gasteiger partial charge in [0.05, 0.1) is 0 Å². The number of rotatable bonds is 5. The third kappa shape index (κ3) is 3.27. The molecule has 1 aliphatic rings. The van der Waals surface area contributed by atoms with E-state index in [-0.39, 0.29) is 6.61 Å². The Morgan fingerprint density at radius 1 is 1.27 bits per heavy atom. The first-order chi connectivity index (χ1) is 10.4. The number of amides is 2. The van der Waals surface area contributed by atoms with Crippen LogP contribution in [0.15, 0.2) is 41.6 Å². The molecule has 118 valence electrons. The lowest BCUT2D eigenvalue weighted by atomic mass is 10.0. The van der Waals surface area contributed by atoms with Crippen LogP contribution in [0.4, 0.5) is 4.39 Å². The van der Waals surface area contributed by atoms with E-state index in [4.69, 9.17) is 4.74 Å². The van der Waals surface area contributed by atoms with Gasteiger partial charge in [-0.25, -0.2) is 4.39 Å². The van der Waals surface area contributed by atoms with E-state index in [1.54, 1.807) is 45.0 Å². The fourth-order valence-electron chi connectivity index (χ4n) is 2.06. The van der Waals surface area contributed by atoms with Crippen LogP contribution in [0, 0.1) is 0 Å². The van der Waals surface area contributed by atoms with Crippen molar-refractivity contribution in [3.8, 4) is 5.75 Å². The van der Waals surface area contributed by atoms with Crippen LogP contribution in [0.5, 0.6) is 5.75 Å². The average Bonchev–Trinajstić information content (AvgIpc) is 2.51. The maximum atomic E-state index is 14.0. The number of para-hydroxylation sites is 1. The Hall–Kier alpha value is -2.37. The number of allylic oxidation sites excluding steroid dienone is 2. The molecule has 0 aliphatic carbocycles. The van der Waals surface area contributed by atoms with Crippen molar-refractivity contribution < 1.29 is 18.7 Å². The molecule has 0 saturated carbocycles. The first-order valence-corrected chi connectivity index (χ1v) is 7.00. The second-order valence-corrected chi connectivity index (χ2v) is 5.31. The quantitative estimate of drug-likeness (QED) is 0.668. The Morgan fingerprint density at radius 2 is 1.91 bits per heavy atom. The van der Waals surface area contributed by atoms with Crippen LogP contribution in [0.3, 0.4) is 0 Å². The van der Waals surface area contributed by atoms with Crippen molar-refractivity contribution in [2.45, 2.75) is 33.1 Å². The summed E-state index contributed by atoms with van der Waals surface area (Å²) in [6.45, 7) is 5.02. The first kappa shape index (κ1) is 16.0. The zero-order chi connectivity index (χ0) is 16.3. The highest BCUT2D eigenvalue weighted by Gasteiger charge is 2.49. The van der Waals surface area contributed by atoms with Crippen LogP contribution < -0.4 is 10.1 Å². The van der Waals surface area contributed by atoms with E-state index in [0.29, 0.717) is 11.4 Å². The summed E-state index contributed by atoms with van der Waals surface area (Å²) in [6, 6.07) is 7.66. The van der Waals surface area contributed by atoms with E-state index in [9.17, 15) is 14.0 Å². The molecular formula is C16H19FN2O3. The van der Waals surface area contributed by atoms with Crippen LogP contribution in [0.1, 0.15) is 20.8 Å². The molecule has 0 aromatic heterocycles. The maximum absolute atomic E-state index is 14.0. The number of halogens is 1. The number of carbonyl (C=O) groups excluding carboxylic acids is 2. The topological polar surface area (TPSA) is 58.6 Å². The molecular weight excluding hydrogens is 287 g/mol. The molecule has 6 heteroatoms. The normalized spacial score (nSPS) is 20.2. The highest BCUT2D eigenvalue weighted by atomic mass is 19.1. The molecule has 2 amide bonds. The van der Waals surface area contributed by atoms with Gasteiger partial charge < -0.3 is 10.1 Å². The van der Waals surface area contributed by atoms with Crippen molar-refractivity contribution in [1.82, 2.24) is 10.2 Å². The van der Waals surface area contributed by atoms with Gasteiger partial charge in [0.25, 0.3) is 11.8 Å². The third-order valence-corrected chi connectivity index (χ3v) is 3.54. The lowest BCUT2D eigenvalue weighted by Crippen LogP contribution is -2.68. The predicted octanol–water partition coefficient (Wildman–Crippen LogP) is 2.00. The molecule has 1 aromatic rings. The van der Waals surface area contributed by atoms with Gasteiger partial charge in [-0.3, -0.25) is 14.5 Å². The standard InChI is InChI=1S/C16H19FN2O3/c1-10(2)11(3)19-15(17)14(16(19)21)18-13(20)9-22-12-7-5-4-6-8-12/h4-8,14-15H,9H2,1-3H3,(H,18,20). The number of β-lactam (4-membered cyclic amide) rings is 1. The van der Waals surface area contributed by atoms with Gasteiger partial charge in [-0.2, -0.15) is 0 Å². The van der Waals surface area contributed by atoms with E-state index in [1.807, 2.05) is 6.07 Å². The van der Waals surface area contributed by atoms with Crippen LogP contribution in [-0.4, -0.2) is 35.7 Å². The summed E-state index contributed by atoms with van der Waals surface area (Å²) in [5.41, 5.74) is 1.43. The Labute approximate surface area is 128 Å². The van der Waals surface area contributed by atoms with Crippen LogP contribution in [0.2, 0.25) is 0 Å². The Bertz CT molecular complexity index is 597. The van der Waals surface area contributed by atoms with Gasteiger partial charge in [-0.05, 0) is 32.9 Å². The van der Waals surface area contributed by atoms with Gasteiger partial charge in [-0.1, -0.05) is 23.8 Å². The minimum Gasteiger partial charge on any atom is -0.484 e. The van der Waals surface area contributed by atoms with E-state index in [0.717, 1.165) is 10.5 Å². The molecule has 2 unspecified atom stereocenters. The summed E-state index contributed by atoms with van der Waals surface area (Å²) in [5.74, 6) is -0.435. The number of hydrogen-bond acceptors (Lipinski definition) is 3. The summed E-state index contributed by atoms with van der Waals surface area (Å²) >= 11 is 0. The molecule has 0 radical (unpaired) electrons. The Kier molecular flexibility index (Phi) is 4.80. The number of benzene rings is 1. The molecule has 1 saturated heterocycles. The number of hydrogen-bond donors (Lipinski definition) is 1. The lowest BCUT2D eigenvalue weighted by molar-refractivity contribution is -0.159. The molecule has 0 spiro atoms. The van der Waals surface area contributed by atoms with Gasteiger partial charge in [-0.15, -0.1) is 0 Å². The number of likely N-dealkylation sites (tertiary alicyclic amines) is 1. The van der Waals surface area contributed by atoms with Crippen molar-refractivity contribution in [1.29, 1.82) is 0 Å². The minimum atomic E-state index is -1.54. The lowest BCUT2D eigenvalue weighted by Gasteiger charge is -2.43. The molecule has 2 atom stereocenters. The molecule has 2 rings (SSSR count). The Morgan fingerprint density at radius 3 is 2.45 bits per heavy atom. The van der Waals surface area contributed by atoms with Crippen LogP contribution in [-0.2, 0) is 9.59 Å². The second-order valence-electron chi connectivity index (χ2n) is 5.31. The fraction of sp³-hybridized carbons (Fsp3) is 0.375. The molecule has 0 bridgehead atoms. The summed E-state index contributed by atoms with van der Waals surface area (Å²) in [7, 11) is 0. The SMILES string of the molecule is CC(C)=C(C)N1C(=O)C(NC(=O)COc2ccccc2)C1F. The Balaban J connectivity index is 1.86. The van der Waals surface area contributed by atoms with E-state index in [1.165, 1.54) is 0 Å². The van der Waals surface area contributed by atoms with Crippen molar-refractivity contribution in [3.05, 3.63) is 41.6 Å². The second kappa shape index (κ2) is 6.60. The molecule has 22 heavy (non-hydrogen) atoms. The van der Waals surface area contributed by atoms with Gasteiger partial charge in [0.15, 0.2) is 12.6 Å². The zero-order valence-corrected chi connectivity index (χ0v) is 12.8. The summed E-state index contributed by atoms with van der Waals surface area (Å²) in [6.07, 6.45) is -1.54. The van der Waals surface area contributed by atoms with E-state index in [2.05, 4.69) is 5.32 Å². The first-order valence-electron chi connectivity index (χ1n) is 7.00. The highest BCUT2D eigenvalue weighted by Crippen LogP contribution is 2.27. The summed E-state index contributed by atoms with van der Waals surface area (Å²) in [4.78, 5) is 24.7. The molecule has 1 fully saturated rings. The zero-order valence-electron chi connectivity index (χ0n) is 12.8. The average molecular weight is 306 g/mol. The van der Waals surface area contributed by atoms with Gasteiger partial charge >= 0.3 is 0 Å². The molecule has 1 N–H and O–H groups in total. The summed E-state index contributed by atoms with van der Waals surface area (Å²) in [5, 5.41) is 2.36. The van der Waals surface area contributed by atoms with Gasteiger partial charge in [0, 0.05) is 5.70 Å². The third-order valence-electron chi connectivity index (χ3n) is 3.54. The predicted molar refractivity (Wildman–Crippen MR) is 79.7 cm³/mol. The van der Waals surface area contributed by atoms with Crippen molar-refractivity contribution >= 4 is 11.8 Å². The number of carbonyl (C=O) groups is 2. The van der Waals surface area contributed by atoms with E-state index >= 15 is 0 Å². The smallest absolute Gasteiger partial charge is 0.258 e. The van der Waals surface area contributed by atoms with Gasteiger partial charge in [0.2, 0.25) is 6.30 Å². The van der Waals surface area contributed by atoms with E-state index < -0.39 is 24.2 Å². The number of nitrogens with zero attached hydrogens (tertiary/aromatic N) is 1. The number of nitrogens with one attached hydrogen (secondary N) is 1. The number of alkyl halides is 1. The molecule has 1 aliphatic heterocycles. The number of ether oxygens (including phenoxy) is 1. The van der Waals surface area contributed by atoms with Crippen LogP contribution in [0.25, 0.3) is 0 Å². The van der Waals surface area contributed by atoms with Crippen molar-refractivity contribution in [2.24, 2.45) is 0 Å². The van der Waals surface area contributed by atoms with Crippen molar-refractivity contribution in [3.63, 3.8) is 0 Å². The largest absolute Gasteiger partial charge is 0.484 e. The highest BCUT2D eigenvalue weighted by molar-refractivity contribution is 5.94. The van der Waals surface area contributed by atoms with Crippen molar-refractivity contribution in [2.75, 3.05) is 6.61 Å². The fourth-order valence-corrected chi connectivity index (χ4v) is 2.06. The molecule has 5 nitrogen and oxygen atoms in total. The minimum absolute atomic E-state index is 0.262. The monoisotopic (exact) mass is 306 g/mol. The maximum Gasteiger partial charge on any atom is 0.258 e. The molecule has 1 heterocycles. The summed E-state index contributed by atoms with van der Waals surface area (Å²) < 4.78 is 19.3. The molecule has 1 aromatic carbocycles.